The molecule has 30 heavy (non-hydrogen) atoms. The molecule has 0 atom stereocenters. The van der Waals surface area contributed by atoms with Gasteiger partial charge in [0, 0.05) is 15.6 Å². The Labute approximate surface area is 197 Å². The summed E-state index contributed by atoms with van der Waals surface area (Å²) in [4.78, 5) is 12.2. The lowest BCUT2D eigenvalue weighted by molar-refractivity contribution is 0.0955. The van der Waals surface area contributed by atoms with E-state index in [4.69, 9.17) is 39.5 Å². The van der Waals surface area contributed by atoms with E-state index in [0.29, 0.717) is 33.0 Å². The summed E-state index contributed by atoms with van der Waals surface area (Å²) in [6, 6.07) is 15.9. The Bertz CT molecular complexity index is 1120. The molecule has 0 radical (unpaired) electrons. The minimum absolute atomic E-state index is 0.301. The van der Waals surface area contributed by atoms with Crippen LogP contribution in [0.25, 0.3) is 0 Å². The first kappa shape index (κ1) is 22.6. The molecule has 0 bridgehead atoms. The van der Waals surface area contributed by atoms with Gasteiger partial charge in [-0.3, -0.25) is 4.79 Å². The molecule has 0 spiro atoms. The number of rotatable bonds is 6. The van der Waals surface area contributed by atoms with E-state index >= 15 is 0 Å². The van der Waals surface area contributed by atoms with E-state index in [1.54, 1.807) is 30.3 Å². The highest BCUT2D eigenvalue weighted by Crippen LogP contribution is 2.28. The lowest BCUT2D eigenvalue weighted by Crippen LogP contribution is -2.18. The highest BCUT2D eigenvalue weighted by atomic mass is 79.9. The molecule has 154 valence electrons. The maximum Gasteiger partial charge on any atom is 0.272 e. The fourth-order valence-electron chi connectivity index (χ4n) is 2.54. The van der Waals surface area contributed by atoms with Crippen molar-refractivity contribution in [2.75, 3.05) is 0 Å². The normalized spacial score (nSPS) is 11.0. The summed E-state index contributed by atoms with van der Waals surface area (Å²) in [5.41, 5.74) is 5.42. The number of nitrogens with zero attached hydrogens (tertiary/aromatic N) is 1. The fraction of sp³-hybridized carbons (Fsp3) is 0.0909. The molecule has 3 rings (SSSR count). The monoisotopic (exact) mass is 524 g/mol. The number of hydrogen-bond acceptors (Lipinski definition) is 3. The SMILES string of the molecule is Cc1ccc(C(=O)N/N=C\c2ccc(OCc3ccc(Cl)cc3Cl)c(Br)c2)c(Cl)c1. The molecular formula is C22H16BrCl3N2O2. The maximum absolute atomic E-state index is 12.2. The number of halogens is 4. The Kier molecular flexibility index (Phi) is 7.78. The van der Waals surface area contributed by atoms with E-state index < -0.39 is 0 Å². The molecule has 0 saturated carbocycles. The number of benzene rings is 3. The van der Waals surface area contributed by atoms with Crippen LogP contribution in [0, 0.1) is 6.92 Å². The van der Waals surface area contributed by atoms with Crippen molar-refractivity contribution in [3.63, 3.8) is 0 Å². The third kappa shape index (κ3) is 5.99. The van der Waals surface area contributed by atoms with Gasteiger partial charge in [-0.15, -0.1) is 0 Å². The van der Waals surface area contributed by atoms with E-state index in [-0.39, 0.29) is 5.91 Å². The van der Waals surface area contributed by atoms with Crippen molar-refractivity contribution in [3.05, 3.63) is 96.4 Å². The molecule has 3 aromatic rings. The van der Waals surface area contributed by atoms with E-state index in [2.05, 4.69) is 26.5 Å². The number of carbonyl (C=O) groups excluding carboxylic acids is 1. The molecule has 8 heteroatoms. The van der Waals surface area contributed by atoms with Crippen molar-refractivity contribution in [3.8, 4) is 5.75 Å². The second kappa shape index (κ2) is 10.3. The molecule has 0 saturated heterocycles. The summed E-state index contributed by atoms with van der Waals surface area (Å²) >= 11 is 21.7. The highest BCUT2D eigenvalue weighted by molar-refractivity contribution is 9.10. The van der Waals surface area contributed by atoms with Gasteiger partial charge < -0.3 is 4.74 Å². The third-order valence-electron chi connectivity index (χ3n) is 4.10. The summed E-state index contributed by atoms with van der Waals surface area (Å²) in [5.74, 6) is 0.267. The average molecular weight is 527 g/mol. The number of hydrazone groups is 1. The van der Waals surface area contributed by atoms with E-state index in [0.717, 1.165) is 21.2 Å². The summed E-state index contributed by atoms with van der Waals surface area (Å²) < 4.78 is 6.56. The van der Waals surface area contributed by atoms with Gasteiger partial charge in [0.1, 0.15) is 12.4 Å². The predicted octanol–water partition coefficient (Wildman–Crippen LogP) is 7.06. The van der Waals surface area contributed by atoms with Crippen molar-refractivity contribution in [2.24, 2.45) is 5.10 Å². The molecule has 0 aliphatic rings. The molecular weight excluding hydrogens is 511 g/mol. The largest absolute Gasteiger partial charge is 0.488 e. The first-order chi connectivity index (χ1) is 14.3. The van der Waals surface area contributed by atoms with Crippen molar-refractivity contribution in [2.45, 2.75) is 13.5 Å². The molecule has 0 heterocycles. The zero-order chi connectivity index (χ0) is 21.7. The molecule has 1 amide bonds. The van der Waals surface area contributed by atoms with Crippen LogP contribution in [0.2, 0.25) is 15.1 Å². The molecule has 1 N–H and O–H groups in total. The number of amides is 1. The van der Waals surface area contributed by atoms with Gasteiger partial charge in [0.2, 0.25) is 0 Å². The van der Waals surface area contributed by atoms with Gasteiger partial charge >= 0.3 is 0 Å². The van der Waals surface area contributed by atoms with Gasteiger partial charge in [-0.2, -0.15) is 5.10 Å². The standard InChI is InChI=1S/C22H16BrCl3N2O2/c1-13-2-6-17(20(26)8-13)22(29)28-27-11-14-3-7-21(18(23)9-14)30-12-15-4-5-16(24)10-19(15)25/h2-11H,12H2,1H3,(H,28,29)/b27-11-. The Balaban J connectivity index is 1.61. The summed E-state index contributed by atoms with van der Waals surface area (Å²) in [7, 11) is 0. The zero-order valence-electron chi connectivity index (χ0n) is 15.8. The quantitative estimate of drug-likeness (QED) is 0.276. The number of ether oxygens (including phenoxy) is 1. The van der Waals surface area contributed by atoms with Crippen LogP contribution >= 0.6 is 50.7 Å². The number of nitrogens with one attached hydrogen (secondary N) is 1. The smallest absolute Gasteiger partial charge is 0.272 e. The second-order valence-electron chi connectivity index (χ2n) is 6.40. The van der Waals surface area contributed by atoms with Gasteiger partial charge in [0.25, 0.3) is 5.91 Å². The number of carbonyl (C=O) groups is 1. The van der Waals surface area contributed by atoms with E-state index in [9.17, 15) is 4.79 Å². The van der Waals surface area contributed by atoms with Crippen molar-refractivity contribution >= 4 is 62.9 Å². The Morgan fingerprint density at radius 2 is 1.87 bits per heavy atom. The molecule has 3 aromatic carbocycles. The van der Waals surface area contributed by atoms with Crippen molar-refractivity contribution in [1.29, 1.82) is 0 Å². The summed E-state index contributed by atoms with van der Waals surface area (Å²) in [6.45, 7) is 2.20. The predicted molar refractivity (Wildman–Crippen MR) is 126 cm³/mol. The fourth-order valence-corrected chi connectivity index (χ4v) is 3.83. The van der Waals surface area contributed by atoms with Gasteiger partial charge in [0.05, 0.1) is 21.3 Å². The van der Waals surface area contributed by atoms with E-state index in [1.807, 2.05) is 31.2 Å². The van der Waals surface area contributed by atoms with Crippen LogP contribution in [0.15, 0.2) is 64.2 Å². The van der Waals surface area contributed by atoms with Crippen molar-refractivity contribution in [1.82, 2.24) is 5.43 Å². The van der Waals surface area contributed by atoms with Crippen LogP contribution in [0.3, 0.4) is 0 Å². The molecule has 0 fully saturated rings. The van der Waals surface area contributed by atoms with Gasteiger partial charge in [-0.05, 0) is 76.4 Å². The Morgan fingerprint density at radius 3 is 2.57 bits per heavy atom. The minimum atomic E-state index is -0.380. The van der Waals surface area contributed by atoms with Crippen LogP contribution in [-0.2, 0) is 6.61 Å². The average Bonchev–Trinajstić information content (AvgIpc) is 2.68. The Morgan fingerprint density at radius 1 is 1.07 bits per heavy atom. The van der Waals surface area contributed by atoms with Crippen LogP contribution in [-0.4, -0.2) is 12.1 Å². The summed E-state index contributed by atoms with van der Waals surface area (Å²) in [5, 5.41) is 5.50. The topological polar surface area (TPSA) is 50.7 Å². The summed E-state index contributed by atoms with van der Waals surface area (Å²) in [6.07, 6.45) is 1.53. The lowest BCUT2D eigenvalue weighted by Gasteiger charge is -2.10. The Hall–Kier alpha value is -2.05. The van der Waals surface area contributed by atoms with Crippen molar-refractivity contribution < 1.29 is 9.53 Å². The molecule has 4 nitrogen and oxygen atoms in total. The minimum Gasteiger partial charge on any atom is -0.488 e. The molecule has 0 aromatic heterocycles. The lowest BCUT2D eigenvalue weighted by atomic mass is 10.1. The van der Waals surface area contributed by atoms with Crippen LogP contribution in [0.4, 0.5) is 0 Å². The highest BCUT2D eigenvalue weighted by Gasteiger charge is 2.09. The second-order valence-corrected chi connectivity index (χ2v) is 8.50. The van der Waals surface area contributed by atoms with Crippen LogP contribution < -0.4 is 10.2 Å². The molecule has 0 aliphatic heterocycles. The first-order valence-corrected chi connectivity index (χ1v) is 10.7. The number of aryl methyl sites for hydroxylation is 1. The van der Waals surface area contributed by atoms with Gasteiger partial charge in [0.15, 0.2) is 0 Å². The molecule has 0 aliphatic carbocycles. The zero-order valence-corrected chi connectivity index (χ0v) is 19.6. The first-order valence-electron chi connectivity index (χ1n) is 8.79. The molecule has 0 unspecified atom stereocenters. The van der Waals surface area contributed by atoms with Crippen LogP contribution in [0.1, 0.15) is 27.0 Å². The third-order valence-corrected chi connectivity index (χ3v) is 5.62. The number of hydrogen-bond donors (Lipinski definition) is 1. The van der Waals surface area contributed by atoms with Gasteiger partial charge in [-0.1, -0.05) is 46.9 Å². The van der Waals surface area contributed by atoms with E-state index in [1.165, 1.54) is 6.21 Å². The maximum atomic E-state index is 12.2. The van der Waals surface area contributed by atoms with Crippen LogP contribution in [0.5, 0.6) is 5.75 Å². The van der Waals surface area contributed by atoms with Gasteiger partial charge in [-0.25, -0.2) is 5.43 Å².